The lowest BCUT2D eigenvalue weighted by Gasteiger charge is -2.10. The second-order valence-corrected chi connectivity index (χ2v) is 5.14. The first-order valence-corrected chi connectivity index (χ1v) is 6.95. The van der Waals surface area contributed by atoms with Gasteiger partial charge in [-0.1, -0.05) is 6.07 Å². The fraction of sp³-hybridized carbons (Fsp3) is 0.214. The zero-order valence-corrected chi connectivity index (χ0v) is 11.0. The van der Waals surface area contributed by atoms with Crippen molar-refractivity contribution in [2.24, 2.45) is 0 Å². The Kier molecular flexibility index (Phi) is 3.13. The van der Waals surface area contributed by atoms with Gasteiger partial charge in [-0.3, -0.25) is 0 Å². The van der Waals surface area contributed by atoms with Gasteiger partial charge in [-0.15, -0.1) is 0 Å². The lowest BCUT2D eigenvalue weighted by atomic mass is 10.2. The van der Waals surface area contributed by atoms with Crippen LogP contribution in [0, 0.1) is 0 Å². The molecule has 1 unspecified atom stereocenters. The maximum Gasteiger partial charge on any atom is 0.137 e. The monoisotopic (exact) mass is 257 g/mol. The molecule has 0 amide bonds. The second-order valence-electron chi connectivity index (χ2n) is 4.36. The topological polar surface area (TPSA) is 29.3 Å². The van der Waals surface area contributed by atoms with Gasteiger partial charge in [-0.2, -0.15) is 11.3 Å². The third-order valence-corrected chi connectivity index (χ3v) is 3.75. The molecule has 92 valence electrons. The number of aromatic nitrogens is 2. The fourth-order valence-corrected chi connectivity index (χ4v) is 2.72. The fourth-order valence-electron chi connectivity index (χ4n) is 1.97. The number of rotatable bonds is 4. The summed E-state index contributed by atoms with van der Waals surface area (Å²) in [6, 6.07) is 8.56. The number of imidazole rings is 1. The van der Waals surface area contributed by atoms with E-state index >= 15 is 0 Å². The van der Waals surface area contributed by atoms with Gasteiger partial charge >= 0.3 is 0 Å². The predicted octanol–water partition coefficient (Wildman–Crippen LogP) is 3.25. The van der Waals surface area contributed by atoms with E-state index in [0.29, 0.717) is 6.04 Å². The van der Waals surface area contributed by atoms with E-state index in [2.05, 4.69) is 40.2 Å². The highest BCUT2D eigenvalue weighted by Gasteiger charge is 2.06. The van der Waals surface area contributed by atoms with Gasteiger partial charge in [0.2, 0.25) is 0 Å². The van der Waals surface area contributed by atoms with Crippen LogP contribution in [-0.4, -0.2) is 9.38 Å². The first-order valence-electron chi connectivity index (χ1n) is 6.01. The van der Waals surface area contributed by atoms with Crippen LogP contribution in [0.2, 0.25) is 0 Å². The molecule has 0 fully saturated rings. The number of nitrogens with zero attached hydrogens (tertiary/aromatic N) is 2. The summed E-state index contributed by atoms with van der Waals surface area (Å²) in [5.41, 5.74) is 3.41. The first-order chi connectivity index (χ1) is 8.83. The van der Waals surface area contributed by atoms with Crippen LogP contribution in [0.15, 0.2) is 47.4 Å². The van der Waals surface area contributed by atoms with Crippen molar-refractivity contribution in [1.29, 1.82) is 0 Å². The Labute approximate surface area is 110 Å². The lowest BCUT2D eigenvalue weighted by molar-refractivity contribution is 0.570. The number of nitrogens with one attached hydrogen (secondary N) is 1. The van der Waals surface area contributed by atoms with Gasteiger partial charge in [0, 0.05) is 25.0 Å². The standard InChI is InChI=1S/C14H15N3S/c1-11(12-5-7-18-10-12)15-8-13-9-17-6-3-2-4-14(17)16-13/h2-7,9-11,15H,8H2,1H3. The molecule has 0 saturated heterocycles. The number of pyridine rings is 1. The maximum atomic E-state index is 4.57. The van der Waals surface area contributed by atoms with Crippen LogP contribution in [0.4, 0.5) is 0 Å². The van der Waals surface area contributed by atoms with E-state index in [9.17, 15) is 0 Å². The largest absolute Gasteiger partial charge is 0.307 e. The molecule has 0 radical (unpaired) electrons. The van der Waals surface area contributed by atoms with Crippen molar-refractivity contribution in [1.82, 2.24) is 14.7 Å². The Balaban J connectivity index is 1.69. The normalized spacial score (nSPS) is 12.9. The van der Waals surface area contributed by atoms with Crippen molar-refractivity contribution in [2.45, 2.75) is 19.5 Å². The molecule has 0 aliphatic carbocycles. The zero-order valence-electron chi connectivity index (χ0n) is 10.2. The van der Waals surface area contributed by atoms with E-state index in [-0.39, 0.29) is 0 Å². The average molecular weight is 257 g/mol. The van der Waals surface area contributed by atoms with Crippen LogP contribution in [0.5, 0.6) is 0 Å². The highest BCUT2D eigenvalue weighted by atomic mass is 32.1. The van der Waals surface area contributed by atoms with Crippen molar-refractivity contribution in [2.75, 3.05) is 0 Å². The van der Waals surface area contributed by atoms with Crippen molar-refractivity contribution >= 4 is 17.0 Å². The molecule has 4 heteroatoms. The second kappa shape index (κ2) is 4.92. The summed E-state index contributed by atoms with van der Waals surface area (Å²) in [5, 5.41) is 7.78. The lowest BCUT2D eigenvalue weighted by Crippen LogP contribution is -2.17. The van der Waals surface area contributed by atoms with Gasteiger partial charge in [-0.25, -0.2) is 4.98 Å². The summed E-state index contributed by atoms with van der Waals surface area (Å²) >= 11 is 1.73. The third kappa shape index (κ3) is 2.30. The van der Waals surface area contributed by atoms with Crippen LogP contribution in [0.1, 0.15) is 24.2 Å². The highest BCUT2D eigenvalue weighted by Crippen LogP contribution is 2.16. The van der Waals surface area contributed by atoms with Crippen LogP contribution in [0.3, 0.4) is 0 Å². The highest BCUT2D eigenvalue weighted by molar-refractivity contribution is 7.07. The Bertz CT molecular complexity index is 594. The predicted molar refractivity (Wildman–Crippen MR) is 74.8 cm³/mol. The van der Waals surface area contributed by atoms with E-state index in [1.165, 1.54) is 5.56 Å². The maximum absolute atomic E-state index is 4.57. The minimum absolute atomic E-state index is 0.362. The van der Waals surface area contributed by atoms with E-state index in [1.807, 2.05) is 28.8 Å². The van der Waals surface area contributed by atoms with E-state index in [0.717, 1.165) is 17.9 Å². The molecule has 3 aromatic rings. The summed E-state index contributed by atoms with van der Waals surface area (Å²) in [7, 11) is 0. The molecule has 0 saturated carbocycles. The van der Waals surface area contributed by atoms with Crippen molar-refractivity contribution in [3.63, 3.8) is 0 Å². The smallest absolute Gasteiger partial charge is 0.137 e. The van der Waals surface area contributed by atoms with Gasteiger partial charge in [-0.05, 0) is 41.4 Å². The molecule has 3 rings (SSSR count). The number of thiophene rings is 1. The molecular formula is C14H15N3S. The summed E-state index contributed by atoms with van der Waals surface area (Å²) in [6.07, 6.45) is 4.09. The summed E-state index contributed by atoms with van der Waals surface area (Å²) in [5.74, 6) is 0. The van der Waals surface area contributed by atoms with Crippen LogP contribution in [0.25, 0.3) is 5.65 Å². The van der Waals surface area contributed by atoms with Gasteiger partial charge < -0.3 is 9.72 Å². The Morgan fingerprint density at radius 2 is 2.33 bits per heavy atom. The zero-order chi connectivity index (χ0) is 12.4. The van der Waals surface area contributed by atoms with E-state index in [1.54, 1.807) is 11.3 Å². The third-order valence-electron chi connectivity index (χ3n) is 3.05. The number of fused-ring (bicyclic) bond motifs is 1. The summed E-state index contributed by atoms with van der Waals surface area (Å²) < 4.78 is 2.05. The molecular weight excluding hydrogens is 242 g/mol. The molecule has 0 bridgehead atoms. The number of hydrogen-bond donors (Lipinski definition) is 1. The van der Waals surface area contributed by atoms with Crippen LogP contribution >= 0.6 is 11.3 Å². The van der Waals surface area contributed by atoms with Crippen molar-refractivity contribution in [3.05, 3.63) is 58.7 Å². The SMILES string of the molecule is CC(NCc1cn2ccccc2n1)c1ccsc1. The minimum atomic E-state index is 0.362. The molecule has 3 nitrogen and oxygen atoms in total. The molecule has 3 heterocycles. The van der Waals surface area contributed by atoms with Gasteiger partial charge in [0.15, 0.2) is 0 Å². The number of hydrogen-bond acceptors (Lipinski definition) is 3. The molecule has 1 N–H and O–H groups in total. The molecule has 0 aromatic carbocycles. The molecule has 1 atom stereocenters. The quantitative estimate of drug-likeness (QED) is 0.777. The summed E-state index contributed by atoms with van der Waals surface area (Å²) in [4.78, 5) is 4.57. The molecule has 0 aliphatic heterocycles. The van der Waals surface area contributed by atoms with E-state index < -0.39 is 0 Å². The molecule has 0 aliphatic rings. The molecule has 0 spiro atoms. The van der Waals surface area contributed by atoms with Gasteiger partial charge in [0.05, 0.1) is 5.69 Å². The molecule has 18 heavy (non-hydrogen) atoms. The van der Waals surface area contributed by atoms with Crippen LogP contribution < -0.4 is 5.32 Å². The Morgan fingerprint density at radius 1 is 1.39 bits per heavy atom. The average Bonchev–Trinajstić information content (AvgIpc) is 3.04. The molecule has 3 aromatic heterocycles. The van der Waals surface area contributed by atoms with Crippen LogP contribution in [-0.2, 0) is 6.54 Å². The van der Waals surface area contributed by atoms with Gasteiger partial charge in [0.1, 0.15) is 5.65 Å². The van der Waals surface area contributed by atoms with Crippen molar-refractivity contribution in [3.8, 4) is 0 Å². The Morgan fingerprint density at radius 3 is 3.11 bits per heavy atom. The first kappa shape index (κ1) is 11.4. The Hall–Kier alpha value is -1.65. The summed E-state index contributed by atoms with van der Waals surface area (Å²) in [6.45, 7) is 2.97. The minimum Gasteiger partial charge on any atom is -0.307 e. The van der Waals surface area contributed by atoms with Gasteiger partial charge in [0.25, 0.3) is 0 Å². The van der Waals surface area contributed by atoms with E-state index in [4.69, 9.17) is 0 Å². The van der Waals surface area contributed by atoms with Crippen molar-refractivity contribution < 1.29 is 0 Å².